The van der Waals surface area contributed by atoms with Crippen LogP contribution in [0.25, 0.3) is 0 Å². The second-order valence-corrected chi connectivity index (χ2v) is 4.56. The maximum atomic E-state index is 12.1. The van der Waals surface area contributed by atoms with Crippen LogP contribution >= 0.6 is 0 Å². The lowest BCUT2D eigenvalue weighted by molar-refractivity contribution is 0.0950. The van der Waals surface area contributed by atoms with Crippen LogP contribution in [-0.4, -0.2) is 22.3 Å². The smallest absolute Gasteiger partial charge is 0.251 e. The lowest BCUT2D eigenvalue weighted by atomic mass is 10.2. The molecule has 0 fully saturated rings. The van der Waals surface area contributed by atoms with Gasteiger partial charge in [0.2, 0.25) is 0 Å². The zero-order valence-corrected chi connectivity index (χ0v) is 12.0. The lowest BCUT2D eigenvalue weighted by Crippen LogP contribution is -2.22. The highest BCUT2D eigenvalue weighted by Crippen LogP contribution is 2.13. The predicted molar refractivity (Wildman–Crippen MR) is 76.7 cm³/mol. The summed E-state index contributed by atoms with van der Waals surface area (Å²) in [6.45, 7) is 4.90. The van der Waals surface area contributed by atoms with Gasteiger partial charge in [-0.3, -0.25) is 9.48 Å². The second kappa shape index (κ2) is 6.23. The molecule has 0 aliphatic heterocycles. The zero-order valence-electron chi connectivity index (χ0n) is 12.0. The first-order valence-electron chi connectivity index (χ1n) is 6.60. The Kier molecular flexibility index (Phi) is 4.40. The number of aromatic nitrogens is 2. The van der Waals surface area contributed by atoms with Gasteiger partial charge in [-0.25, -0.2) is 0 Å². The fourth-order valence-corrected chi connectivity index (χ4v) is 1.99. The summed E-state index contributed by atoms with van der Waals surface area (Å²) >= 11 is 0. The van der Waals surface area contributed by atoms with Crippen LogP contribution < -0.4 is 10.1 Å². The van der Waals surface area contributed by atoms with Gasteiger partial charge in [-0.2, -0.15) is 5.10 Å². The van der Waals surface area contributed by atoms with Crippen LogP contribution in [0.15, 0.2) is 30.5 Å². The van der Waals surface area contributed by atoms with E-state index in [4.69, 9.17) is 4.74 Å². The first-order valence-corrected chi connectivity index (χ1v) is 6.60. The number of nitrogens with one attached hydrogen (secondary N) is 1. The molecular weight excluding hydrogens is 254 g/mol. The van der Waals surface area contributed by atoms with Crippen molar-refractivity contribution in [3.05, 3.63) is 47.3 Å². The SMILES string of the molecule is CCOc1cccc(C(=O)NCc2cn(C)nc2C)c1. The van der Waals surface area contributed by atoms with Crippen molar-refractivity contribution in [1.29, 1.82) is 0 Å². The molecule has 1 heterocycles. The zero-order chi connectivity index (χ0) is 14.5. The molecule has 20 heavy (non-hydrogen) atoms. The highest BCUT2D eigenvalue weighted by atomic mass is 16.5. The molecule has 0 spiro atoms. The summed E-state index contributed by atoms with van der Waals surface area (Å²) in [4.78, 5) is 12.1. The molecule has 0 atom stereocenters. The average molecular weight is 273 g/mol. The summed E-state index contributed by atoms with van der Waals surface area (Å²) in [5, 5.41) is 7.14. The highest BCUT2D eigenvalue weighted by Gasteiger charge is 2.08. The summed E-state index contributed by atoms with van der Waals surface area (Å²) in [5.41, 5.74) is 2.54. The second-order valence-electron chi connectivity index (χ2n) is 4.56. The molecule has 0 saturated heterocycles. The number of hydrogen-bond acceptors (Lipinski definition) is 3. The average Bonchev–Trinajstić information content (AvgIpc) is 2.75. The predicted octanol–water partition coefficient (Wildman–Crippen LogP) is 2.06. The lowest BCUT2D eigenvalue weighted by Gasteiger charge is -2.07. The molecule has 0 unspecified atom stereocenters. The van der Waals surface area contributed by atoms with Gasteiger partial charge in [0, 0.05) is 30.9 Å². The molecule has 5 nitrogen and oxygen atoms in total. The van der Waals surface area contributed by atoms with Crippen molar-refractivity contribution >= 4 is 5.91 Å². The molecule has 5 heteroatoms. The third kappa shape index (κ3) is 3.38. The Balaban J connectivity index is 2.01. The number of ether oxygens (including phenoxy) is 1. The van der Waals surface area contributed by atoms with Crippen molar-refractivity contribution < 1.29 is 9.53 Å². The van der Waals surface area contributed by atoms with Crippen LogP contribution in [0.3, 0.4) is 0 Å². The van der Waals surface area contributed by atoms with E-state index in [2.05, 4.69) is 10.4 Å². The maximum Gasteiger partial charge on any atom is 0.251 e. The summed E-state index contributed by atoms with van der Waals surface area (Å²) in [6.07, 6.45) is 1.91. The Morgan fingerprint density at radius 1 is 1.45 bits per heavy atom. The summed E-state index contributed by atoms with van der Waals surface area (Å²) in [5.74, 6) is 0.590. The molecule has 0 bridgehead atoms. The fourth-order valence-electron chi connectivity index (χ4n) is 1.99. The van der Waals surface area contributed by atoms with Crippen molar-refractivity contribution in [2.75, 3.05) is 6.61 Å². The maximum absolute atomic E-state index is 12.1. The fraction of sp³-hybridized carbons (Fsp3) is 0.333. The number of amides is 1. The third-order valence-electron chi connectivity index (χ3n) is 2.96. The van der Waals surface area contributed by atoms with E-state index in [9.17, 15) is 4.79 Å². The Bertz CT molecular complexity index is 605. The largest absolute Gasteiger partial charge is 0.494 e. The molecule has 1 amide bonds. The monoisotopic (exact) mass is 273 g/mol. The minimum Gasteiger partial charge on any atom is -0.494 e. The number of hydrogen-bond donors (Lipinski definition) is 1. The summed E-state index contributed by atoms with van der Waals surface area (Å²) in [7, 11) is 1.86. The van der Waals surface area contributed by atoms with E-state index < -0.39 is 0 Å². The molecule has 0 aliphatic rings. The Hall–Kier alpha value is -2.30. The van der Waals surface area contributed by atoms with E-state index in [1.165, 1.54) is 0 Å². The molecule has 106 valence electrons. The molecular formula is C15H19N3O2. The van der Waals surface area contributed by atoms with Crippen LogP contribution in [0, 0.1) is 6.92 Å². The van der Waals surface area contributed by atoms with E-state index in [0.29, 0.717) is 24.5 Å². The first kappa shape index (κ1) is 14.1. The van der Waals surface area contributed by atoms with Crippen LogP contribution in [0.5, 0.6) is 5.75 Å². The summed E-state index contributed by atoms with van der Waals surface area (Å²) in [6, 6.07) is 7.17. The van der Waals surface area contributed by atoms with Gasteiger partial charge < -0.3 is 10.1 Å². The van der Waals surface area contributed by atoms with Crippen molar-refractivity contribution in [2.24, 2.45) is 7.05 Å². The molecule has 2 aromatic rings. The quantitative estimate of drug-likeness (QED) is 0.907. The Morgan fingerprint density at radius 3 is 2.90 bits per heavy atom. The van der Waals surface area contributed by atoms with E-state index in [-0.39, 0.29) is 5.91 Å². The first-order chi connectivity index (χ1) is 9.60. The molecule has 1 N–H and O–H groups in total. The van der Waals surface area contributed by atoms with Gasteiger partial charge in [-0.05, 0) is 32.0 Å². The number of aryl methyl sites for hydroxylation is 2. The minimum absolute atomic E-state index is 0.116. The van der Waals surface area contributed by atoms with Gasteiger partial charge in [0.1, 0.15) is 5.75 Å². The van der Waals surface area contributed by atoms with E-state index in [1.807, 2.05) is 39.2 Å². The van der Waals surface area contributed by atoms with Crippen LogP contribution in [0.4, 0.5) is 0 Å². The molecule has 2 rings (SSSR count). The van der Waals surface area contributed by atoms with Gasteiger partial charge in [-0.15, -0.1) is 0 Å². The van der Waals surface area contributed by atoms with Gasteiger partial charge in [0.25, 0.3) is 5.91 Å². The minimum atomic E-state index is -0.116. The van der Waals surface area contributed by atoms with Gasteiger partial charge in [-0.1, -0.05) is 6.07 Å². The third-order valence-corrected chi connectivity index (χ3v) is 2.96. The normalized spacial score (nSPS) is 10.3. The number of carbonyl (C=O) groups excluding carboxylic acids is 1. The van der Waals surface area contributed by atoms with Gasteiger partial charge in [0.15, 0.2) is 0 Å². The van der Waals surface area contributed by atoms with Crippen molar-refractivity contribution in [3.8, 4) is 5.75 Å². The molecule has 1 aromatic heterocycles. The van der Waals surface area contributed by atoms with E-state index in [1.54, 1.807) is 16.8 Å². The van der Waals surface area contributed by atoms with Crippen LogP contribution in [0.2, 0.25) is 0 Å². The Labute approximate surface area is 118 Å². The topological polar surface area (TPSA) is 56.1 Å². The number of nitrogens with zero attached hydrogens (tertiary/aromatic N) is 2. The number of carbonyl (C=O) groups is 1. The van der Waals surface area contributed by atoms with Crippen LogP contribution in [-0.2, 0) is 13.6 Å². The van der Waals surface area contributed by atoms with Crippen molar-refractivity contribution in [2.45, 2.75) is 20.4 Å². The number of benzene rings is 1. The molecule has 1 aromatic carbocycles. The van der Waals surface area contributed by atoms with Crippen molar-refractivity contribution in [3.63, 3.8) is 0 Å². The van der Waals surface area contributed by atoms with Gasteiger partial charge >= 0.3 is 0 Å². The van der Waals surface area contributed by atoms with Gasteiger partial charge in [0.05, 0.1) is 12.3 Å². The standard InChI is InChI=1S/C15H19N3O2/c1-4-20-14-7-5-6-12(8-14)15(19)16-9-13-10-18(3)17-11(13)2/h5-8,10H,4,9H2,1-3H3,(H,16,19). The van der Waals surface area contributed by atoms with E-state index >= 15 is 0 Å². The summed E-state index contributed by atoms with van der Waals surface area (Å²) < 4.78 is 7.13. The van der Waals surface area contributed by atoms with Crippen LogP contribution in [0.1, 0.15) is 28.5 Å². The molecule has 0 aliphatic carbocycles. The van der Waals surface area contributed by atoms with Crippen molar-refractivity contribution in [1.82, 2.24) is 15.1 Å². The molecule has 0 radical (unpaired) electrons. The highest BCUT2D eigenvalue weighted by molar-refractivity contribution is 5.94. The molecule has 0 saturated carbocycles. The Morgan fingerprint density at radius 2 is 2.25 bits per heavy atom. The number of rotatable bonds is 5. The van der Waals surface area contributed by atoms with E-state index in [0.717, 1.165) is 11.3 Å².